The van der Waals surface area contributed by atoms with Crippen molar-refractivity contribution < 1.29 is 23.5 Å². The SMILES string of the molecule is CCOC(=O)C1=C(C)N=C2SC=C(CC(=O)NCc3cccc(F)c3)N2[C@H]1c1cccc(OC)c1. The number of nitrogens with zero attached hydrogens (tertiary/aromatic N) is 2. The summed E-state index contributed by atoms with van der Waals surface area (Å²) in [6.45, 7) is 3.99. The number of amidine groups is 1. The van der Waals surface area contributed by atoms with Gasteiger partial charge < -0.3 is 19.7 Å². The minimum absolute atomic E-state index is 0.0664. The number of allylic oxidation sites excluding steroid dienone is 1. The van der Waals surface area contributed by atoms with E-state index in [1.165, 1.54) is 23.9 Å². The maximum Gasteiger partial charge on any atom is 0.338 e. The van der Waals surface area contributed by atoms with Crippen LogP contribution in [0, 0.1) is 5.82 Å². The highest BCUT2D eigenvalue weighted by molar-refractivity contribution is 8.16. The van der Waals surface area contributed by atoms with Crippen LogP contribution in [0.3, 0.4) is 0 Å². The highest BCUT2D eigenvalue weighted by atomic mass is 32.2. The third-order valence-corrected chi connectivity index (χ3v) is 6.51. The number of hydrogen-bond acceptors (Lipinski definition) is 7. The van der Waals surface area contributed by atoms with E-state index in [0.717, 1.165) is 5.56 Å². The molecule has 0 saturated heterocycles. The molecule has 0 spiro atoms. The smallest absolute Gasteiger partial charge is 0.338 e. The van der Waals surface area contributed by atoms with Crippen molar-refractivity contribution in [1.29, 1.82) is 0 Å². The van der Waals surface area contributed by atoms with Crippen molar-refractivity contribution in [3.63, 3.8) is 0 Å². The number of rotatable bonds is 8. The summed E-state index contributed by atoms with van der Waals surface area (Å²) in [5, 5.41) is 5.39. The largest absolute Gasteiger partial charge is 0.497 e. The molecule has 7 nitrogen and oxygen atoms in total. The number of fused-ring (bicyclic) bond motifs is 1. The lowest BCUT2D eigenvalue weighted by Gasteiger charge is -2.36. The van der Waals surface area contributed by atoms with Crippen LogP contribution < -0.4 is 10.1 Å². The minimum Gasteiger partial charge on any atom is -0.497 e. The van der Waals surface area contributed by atoms with Crippen molar-refractivity contribution in [1.82, 2.24) is 10.2 Å². The molecule has 2 aliphatic rings. The molecule has 0 bridgehead atoms. The molecule has 4 rings (SSSR count). The van der Waals surface area contributed by atoms with Crippen molar-refractivity contribution >= 4 is 28.8 Å². The van der Waals surface area contributed by atoms with Crippen LogP contribution in [0.5, 0.6) is 5.75 Å². The van der Waals surface area contributed by atoms with Gasteiger partial charge in [-0.3, -0.25) is 4.79 Å². The normalized spacial score (nSPS) is 16.9. The molecule has 182 valence electrons. The van der Waals surface area contributed by atoms with Gasteiger partial charge in [-0.25, -0.2) is 14.2 Å². The lowest BCUT2D eigenvalue weighted by Crippen LogP contribution is -2.38. The van der Waals surface area contributed by atoms with Crippen LogP contribution in [0.1, 0.15) is 37.4 Å². The fraction of sp³-hybridized carbons (Fsp3) is 0.269. The number of esters is 1. The average molecular weight is 496 g/mol. The zero-order valence-electron chi connectivity index (χ0n) is 19.7. The Kier molecular flexibility index (Phi) is 7.55. The van der Waals surface area contributed by atoms with Crippen LogP contribution in [0.2, 0.25) is 0 Å². The predicted molar refractivity (Wildman–Crippen MR) is 133 cm³/mol. The van der Waals surface area contributed by atoms with Crippen LogP contribution in [0.4, 0.5) is 4.39 Å². The Morgan fingerprint density at radius 2 is 2.00 bits per heavy atom. The van der Waals surface area contributed by atoms with E-state index >= 15 is 0 Å². The Labute approximate surface area is 207 Å². The molecule has 2 aromatic rings. The Hall–Kier alpha value is -3.59. The summed E-state index contributed by atoms with van der Waals surface area (Å²) in [6, 6.07) is 13.0. The predicted octanol–water partition coefficient (Wildman–Crippen LogP) is 4.68. The van der Waals surface area contributed by atoms with E-state index in [4.69, 9.17) is 9.47 Å². The number of hydrogen-bond donors (Lipinski definition) is 1. The lowest BCUT2D eigenvalue weighted by molar-refractivity contribution is -0.139. The van der Waals surface area contributed by atoms with Crippen molar-refractivity contribution in [2.75, 3.05) is 13.7 Å². The van der Waals surface area contributed by atoms with E-state index in [1.54, 1.807) is 33.1 Å². The van der Waals surface area contributed by atoms with E-state index in [0.29, 0.717) is 33.4 Å². The van der Waals surface area contributed by atoms with E-state index in [2.05, 4.69) is 10.3 Å². The Bertz CT molecular complexity index is 1240. The highest BCUT2D eigenvalue weighted by Crippen LogP contribution is 2.45. The van der Waals surface area contributed by atoms with Gasteiger partial charge in [0, 0.05) is 12.2 Å². The molecule has 0 aromatic heterocycles. The maximum absolute atomic E-state index is 13.5. The average Bonchev–Trinajstić information content (AvgIpc) is 3.23. The van der Waals surface area contributed by atoms with E-state index in [-0.39, 0.29) is 31.3 Å². The van der Waals surface area contributed by atoms with Crippen LogP contribution in [0.15, 0.2) is 75.9 Å². The first-order valence-electron chi connectivity index (χ1n) is 11.2. The molecule has 0 fully saturated rings. The molecule has 0 aliphatic carbocycles. The molecule has 2 heterocycles. The van der Waals surface area contributed by atoms with Gasteiger partial charge in [0.05, 0.1) is 37.4 Å². The maximum atomic E-state index is 13.5. The molecule has 2 aliphatic heterocycles. The molecule has 1 amide bonds. The monoisotopic (exact) mass is 495 g/mol. The second kappa shape index (κ2) is 10.8. The second-order valence-electron chi connectivity index (χ2n) is 7.97. The molecule has 1 atom stereocenters. The van der Waals surface area contributed by atoms with E-state index in [1.807, 2.05) is 34.6 Å². The van der Waals surface area contributed by atoms with Gasteiger partial charge in [-0.1, -0.05) is 36.0 Å². The first-order chi connectivity index (χ1) is 16.9. The van der Waals surface area contributed by atoms with Crippen molar-refractivity contribution in [2.45, 2.75) is 32.9 Å². The summed E-state index contributed by atoms with van der Waals surface area (Å²) >= 11 is 1.40. The third kappa shape index (κ3) is 5.40. The van der Waals surface area contributed by atoms with Gasteiger partial charge in [0.15, 0.2) is 5.17 Å². The summed E-state index contributed by atoms with van der Waals surface area (Å²) < 4.78 is 24.2. The number of aliphatic imine (C=N–C) groups is 1. The van der Waals surface area contributed by atoms with Gasteiger partial charge in [-0.05, 0) is 54.6 Å². The number of benzene rings is 2. The number of amides is 1. The highest BCUT2D eigenvalue weighted by Gasteiger charge is 2.41. The number of halogens is 1. The van der Waals surface area contributed by atoms with Crippen molar-refractivity contribution in [3.05, 3.63) is 87.9 Å². The van der Waals surface area contributed by atoms with Crippen LogP contribution in [-0.2, 0) is 20.9 Å². The van der Waals surface area contributed by atoms with Gasteiger partial charge in [0.1, 0.15) is 11.6 Å². The first kappa shape index (κ1) is 24.5. The molecular weight excluding hydrogens is 469 g/mol. The quantitative estimate of drug-likeness (QED) is 0.536. The minimum atomic E-state index is -0.533. The lowest BCUT2D eigenvalue weighted by atomic mass is 9.93. The van der Waals surface area contributed by atoms with E-state index < -0.39 is 12.0 Å². The molecule has 0 unspecified atom stereocenters. The number of thioether (sulfide) groups is 1. The van der Waals surface area contributed by atoms with Gasteiger partial charge in [0.25, 0.3) is 0 Å². The Morgan fingerprint density at radius 1 is 1.20 bits per heavy atom. The summed E-state index contributed by atoms with van der Waals surface area (Å²) in [6.07, 6.45) is 0.0664. The fourth-order valence-electron chi connectivity index (χ4n) is 4.04. The summed E-state index contributed by atoms with van der Waals surface area (Å²) in [4.78, 5) is 32.4. The molecule has 1 N–H and O–H groups in total. The number of carbonyl (C=O) groups is 2. The summed E-state index contributed by atoms with van der Waals surface area (Å²) in [5.41, 5.74) is 3.17. The zero-order chi connectivity index (χ0) is 24.9. The van der Waals surface area contributed by atoms with Crippen molar-refractivity contribution in [2.24, 2.45) is 4.99 Å². The van der Waals surface area contributed by atoms with Crippen LogP contribution >= 0.6 is 11.8 Å². The van der Waals surface area contributed by atoms with Gasteiger partial charge >= 0.3 is 5.97 Å². The standard InChI is InChI=1S/C26H26FN3O4S/c1-4-34-25(32)23-16(2)29-26-30(24(23)18-8-6-10-21(12-18)33-3)20(15-35-26)13-22(31)28-14-17-7-5-9-19(27)11-17/h5-12,15,24H,4,13-14H2,1-3H3,(H,28,31)/t24-/m0/s1. The molecule has 2 aromatic carbocycles. The van der Waals surface area contributed by atoms with Gasteiger partial charge in [-0.15, -0.1) is 0 Å². The van der Waals surface area contributed by atoms with Gasteiger partial charge in [0.2, 0.25) is 5.91 Å². The molecule has 0 radical (unpaired) electrons. The summed E-state index contributed by atoms with van der Waals surface area (Å²) in [5.74, 6) is -0.378. The number of methoxy groups -OCH3 is 1. The fourth-order valence-corrected chi connectivity index (χ4v) is 5.01. The van der Waals surface area contributed by atoms with Gasteiger partial charge in [-0.2, -0.15) is 0 Å². The number of ether oxygens (including phenoxy) is 2. The second-order valence-corrected chi connectivity index (χ2v) is 8.81. The summed E-state index contributed by atoms with van der Waals surface area (Å²) in [7, 11) is 1.58. The van der Waals surface area contributed by atoms with Crippen molar-refractivity contribution in [3.8, 4) is 5.75 Å². The van der Waals surface area contributed by atoms with Crippen LogP contribution in [0.25, 0.3) is 0 Å². The topological polar surface area (TPSA) is 80.2 Å². The Morgan fingerprint density at radius 3 is 2.74 bits per heavy atom. The number of carbonyl (C=O) groups excluding carboxylic acids is 2. The molecule has 9 heteroatoms. The number of nitrogens with one attached hydrogen (secondary N) is 1. The van der Waals surface area contributed by atoms with Crippen LogP contribution in [-0.4, -0.2) is 35.7 Å². The molecular formula is C26H26FN3O4S. The van der Waals surface area contributed by atoms with E-state index in [9.17, 15) is 14.0 Å². The first-order valence-corrected chi connectivity index (χ1v) is 12.1. The Balaban J connectivity index is 1.61. The molecule has 35 heavy (non-hydrogen) atoms. The third-order valence-electron chi connectivity index (χ3n) is 5.63. The molecule has 0 saturated carbocycles. The zero-order valence-corrected chi connectivity index (χ0v) is 20.5.